The van der Waals surface area contributed by atoms with E-state index in [9.17, 15) is 0 Å². The van der Waals surface area contributed by atoms with Crippen molar-refractivity contribution >= 4 is 28.4 Å². The highest BCUT2D eigenvalue weighted by Crippen LogP contribution is 2.35. The van der Waals surface area contributed by atoms with E-state index in [0.29, 0.717) is 0 Å². The van der Waals surface area contributed by atoms with Gasteiger partial charge >= 0.3 is 0 Å². The average Bonchev–Trinajstić information content (AvgIpc) is 2.42. The molecule has 88 valence electrons. The monoisotopic (exact) mass is 252 g/mol. The minimum absolute atomic E-state index is 0.809. The Labute approximate surface area is 110 Å². The highest BCUT2D eigenvalue weighted by molar-refractivity contribution is 7.99. The summed E-state index contributed by atoms with van der Waals surface area (Å²) in [5, 5.41) is 1.16. The summed E-state index contributed by atoms with van der Waals surface area (Å²) < 4.78 is 0. The van der Waals surface area contributed by atoms with E-state index in [1.165, 1.54) is 4.90 Å². The second kappa shape index (κ2) is 4.70. The molecule has 0 saturated heterocycles. The van der Waals surface area contributed by atoms with Crippen LogP contribution in [0.5, 0.6) is 0 Å². The van der Waals surface area contributed by atoms with Gasteiger partial charge in [-0.25, -0.2) is 0 Å². The van der Waals surface area contributed by atoms with Crippen LogP contribution in [-0.4, -0.2) is 4.98 Å². The van der Waals surface area contributed by atoms with Crippen LogP contribution < -0.4 is 5.73 Å². The normalized spacial score (nSPS) is 10.7. The van der Waals surface area contributed by atoms with Crippen LogP contribution in [0.25, 0.3) is 10.9 Å². The van der Waals surface area contributed by atoms with Crippen molar-refractivity contribution in [3.63, 3.8) is 0 Å². The minimum Gasteiger partial charge on any atom is -0.398 e. The molecule has 0 aliphatic rings. The van der Waals surface area contributed by atoms with Crippen molar-refractivity contribution in [1.29, 1.82) is 0 Å². The number of nitrogens with two attached hydrogens (primary N) is 1. The minimum atomic E-state index is 0.809. The fraction of sp³-hybridized carbons (Fsp3) is 0. The molecule has 18 heavy (non-hydrogen) atoms. The Balaban J connectivity index is 2.08. The molecular weight excluding hydrogens is 240 g/mol. The molecule has 0 fully saturated rings. The molecule has 1 heterocycles. The Morgan fingerprint density at radius 3 is 2.50 bits per heavy atom. The molecule has 0 amide bonds. The molecule has 0 unspecified atom stereocenters. The molecule has 1 aromatic heterocycles. The van der Waals surface area contributed by atoms with Crippen LogP contribution in [0.15, 0.2) is 70.6 Å². The highest BCUT2D eigenvalue weighted by Gasteiger charge is 2.05. The van der Waals surface area contributed by atoms with Crippen LogP contribution in [0.3, 0.4) is 0 Å². The topological polar surface area (TPSA) is 38.9 Å². The van der Waals surface area contributed by atoms with Gasteiger partial charge in [0.25, 0.3) is 0 Å². The Bertz CT molecular complexity index is 689. The first kappa shape index (κ1) is 11.1. The third-order valence-corrected chi connectivity index (χ3v) is 3.92. The molecule has 3 aromatic rings. The van der Waals surface area contributed by atoms with E-state index >= 15 is 0 Å². The van der Waals surface area contributed by atoms with Crippen LogP contribution in [0.1, 0.15) is 0 Å². The van der Waals surface area contributed by atoms with Crippen LogP contribution in [0.2, 0.25) is 0 Å². The lowest BCUT2D eigenvalue weighted by atomic mass is 10.2. The zero-order valence-corrected chi connectivity index (χ0v) is 10.5. The Kier molecular flexibility index (Phi) is 2.90. The maximum Gasteiger partial charge on any atom is 0.0713 e. The number of aromatic nitrogens is 1. The Morgan fingerprint density at radius 2 is 1.61 bits per heavy atom. The zero-order valence-electron chi connectivity index (χ0n) is 9.71. The van der Waals surface area contributed by atoms with Crippen molar-refractivity contribution in [2.45, 2.75) is 9.79 Å². The fourth-order valence-corrected chi connectivity index (χ4v) is 2.83. The van der Waals surface area contributed by atoms with Gasteiger partial charge in [0.05, 0.1) is 5.52 Å². The number of nitrogen functional groups attached to an aromatic ring is 1. The molecule has 0 atom stereocenters. The lowest BCUT2D eigenvalue weighted by molar-refractivity contribution is 1.34. The summed E-state index contributed by atoms with van der Waals surface area (Å²) >= 11 is 1.68. The summed E-state index contributed by atoms with van der Waals surface area (Å²) in [6, 6.07) is 18.1. The number of rotatable bonds is 2. The third kappa shape index (κ3) is 2.05. The molecule has 2 aromatic carbocycles. The molecule has 0 saturated carbocycles. The second-order valence-corrected chi connectivity index (χ2v) is 5.05. The van der Waals surface area contributed by atoms with Gasteiger partial charge in [-0.1, -0.05) is 42.1 Å². The van der Waals surface area contributed by atoms with Crippen molar-refractivity contribution in [3.8, 4) is 0 Å². The molecular formula is C15H12N2S. The number of anilines is 1. The molecule has 3 heteroatoms. The van der Waals surface area contributed by atoms with E-state index in [0.717, 1.165) is 21.5 Å². The number of hydrogen-bond acceptors (Lipinski definition) is 3. The number of hydrogen-bond donors (Lipinski definition) is 1. The summed E-state index contributed by atoms with van der Waals surface area (Å²) in [6.45, 7) is 0. The first-order valence-electron chi connectivity index (χ1n) is 5.71. The summed E-state index contributed by atoms with van der Waals surface area (Å²) in [5.41, 5.74) is 7.80. The second-order valence-electron chi connectivity index (χ2n) is 3.97. The SMILES string of the molecule is Nc1ccccc1Sc1ccnc2ccccc12. The summed E-state index contributed by atoms with van der Waals surface area (Å²) in [4.78, 5) is 6.62. The maximum absolute atomic E-state index is 5.98. The van der Waals surface area contributed by atoms with Gasteiger partial charge in [0.1, 0.15) is 0 Å². The maximum atomic E-state index is 5.98. The Hall–Kier alpha value is -2.00. The molecule has 0 bridgehead atoms. The number of pyridine rings is 1. The van der Waals surface area contributed by atoms with Gasteiger partial charge in [-0.15, -0.1) is 0 Å². The fourth-order valence-electron chi connectivity index (χ4n) is 1.85. The highest BCUT2D eigenvalue weighted by atomic mass is 32.2. The molecule has 3 rings (SSSR count). The summed E-state index contributed by atoms with van der Waals surface area (Å²) in [7, 11) is 0. The van der Waals surface area contributed by atoms with Crippen molar-refractivity contribution in [2.75, 3.05) is 5.73 Å². The van der Waals surface area contributed by atoms with Gasteiger partial charge in [-0.05, 0) is 24.3 Å². The van der Waals surface area contributed by atoms with Gasteiger partial charge in [-0.3, -0.25) is 4.98 Å². The zero-order chi connectivity index (χ0) is 12.4. The first-order chi connectivity index (χ1) is 8.84. The van der Waals surface area contributed by atoms with Gasteiger partial charge in [-0.2, -0.15) is 0 Å². The lowest BCUT2D eigenvalue weighted by Crippen LogP contribution is -1.88. The van der Waals surface area contributed by atoms with Crippen molar-refractivity contribution in [3.05, 3.63) is 60.8 Å². The van der Waals surface area contributed by atoms with Crippen molar-refractivity contribution in [1.82, 2.24) is 4.98 Å². The molecule has 2 nitrogen and oxygen atoms in total. The molecule has 2 N–H and O–H groups in total. The summed E-state index contributed by atoms with van der Waals surface area (Å²) in [6.07, 6.45) is 1.84. The van der Waals surface area contributed by atoms with Crippen LogP contribution in [0.4, 0.5) is 5.69 Å². The quantitative estimate of drug-likeness (QED) is 0.701. The van der Waals surface area contributed by atoms with Crippen molar-refractivity contribution < 1.29 is 0 Å². The molecule has 0 aliphatic heterocycles. The third-order valence-electron chi connectivity index (χ3n) is 2.75. The lowest BCUT2D eigenvalue weighted by Gasteiger charge is -2.07. The predicted molar refractivity (Wildman–Crippen MR) is 76.7 cm³/mol. The van der Waals surface area contributed by atoms with Crippen LogP contribution in [-0.2, 0) is 0 Å². The van der Waals surface area contributed by atoms with E-state index in [2.05, 4.69) is 11.1 Å². The number of nitrogens with zero attached hydrogens (tertiary/aromatic N) is 1. The molecule has 0 aliphatic carbocycles. The molecule has 0 radical (unpaired) electrons. The number of fused-ring (bicyclic) bond motifs is 1. The number of para-hydroxylation sites is 2. The average molecular weight is 252 g/mol. The predicted octanol–water partition coefficient (Wildman–Crippen LogP) is 3.97. The van der Waals surface area contributed by atoms with Gasteiger partial charge < -0.3 is 5.73 Å². The van der Waals surface area contributed by atoms with Crippen LogP contribution >= 0.6 is 11.8 Å². The van der Waals surface area contributed by atoms with Gasteiger partial charge in [0, 0.05) is 27.1 Å². The molecule has 0 spiro atoms. The first-order valence-corrected chi connectivity index (χ1v) is 6.52. The van der Waals surface area contributed by atoms with Crippen molar-refractivity contribution in [2.24, 2.45) is 0 Å². The number of benzene rings is 2. The van der Waals surface area contributed by atoms with E-state index < -0.39 is 0 Å². The van der Waals surface area contributed by atoms with Gasteiger partial charge in [0.15, 0.2) is 0 Å². The largest absolute Gasteiger partial charge is 0.398 e. The Morgan fingerprint density at radius 1 is 0.833 bits per heavy atom. The van der Waals surface area contributed by atoms with Gasteiger partial charge in [0.2, 0.25) is 0 Å². The standard InChI is InChI=1S/C15H12N2S/c16-12-6-2-4-8-15(12)18-14-9-10-17-13-7-3-1-5-11(13)14/h1-10H,16H2. The van der Waals surface area contributed by atoms with Crippen LogP contribution in [0, 0.1) is 0 Å². The smallest absolute Gasteiger partial charge is 0.0713 e. The van der Waals surface area contributed by atoms with E-state index in [1.807, 2.05) is 54.7 Å². The van der Waals surface area contributed by atoms with E-state index in [4.69, 9.17) is 5.73 Å². The summed E-state index contributed by atoms with van der Waals surface area (Å²) in [5.74, 6) is 0. The van der Waals surface area contributed by atoms with E-state index in [-0.39, 0.29) is 0 Å². The van der Waals surface area contributed by atoms with E-state index in [1.54, 1.807) is 11.8 Å².